The molecule has 0 fully saturated rings. The van der Waals surface area contributed by atoms with Crippen LogP contribution in [0, 0.1) is 6.92 Å². The summed E-state index contributed by atoms with van der Waals surface area (Å²) in [7, 11) is -3.49. The van der Waals surface area contributed by atoms with E-state index in [9.17, 15) is 8.42 Å². The number of aryl methyl sites for hydroxylation is 1. The SMILES string of the molecule is Cc1[nH]ncc1CNS(=O)(=O)c1ccc(Cl)s1. The van der Waals surface area contributed by atoms with E-state index >= 15 is 0 Å². The van der Waals surface area contributed by atoms with Crippen molar-refractivity contribution in [1.29, 1.82) is 0 Å². The van der Waals surface area contributed by atoms with Crippen molar-refractivity contribution in [2.45, 2.75) is 17.7 Å². The summed E-state index contributed by atoms with van der Waals surface area (Å²) in [6.45, 7) is 2.04. The molecule has 8 heteroatoms. The lowest BCUT2D eigenvalue weighted by Gasteiger charge is -2.03. The van der Waals surface area contributed by atoms with Crippen molar-refractivity contribution in [3.05, 3.63) is 33.9 Å². The van der Waals surface area contributed by atoms with Crippen molar-refractivity contribution < 1.29 is 8.42 Å². The van der Waals surface area contributed by atoms with Gasteiger partial charge in [0.25, 0.3) is 0 Å². The lowest BCUT2D eigenvalue weighted by molar-refractivity contribution is 0.583. The summed E-state index contributed by atoms with van der Waals surface area (Å²) in [4.78, 5) is 0. The number of rotatable bonds is 4. The second-order valence-electron chi connectivity index (χ2n) is 3.40. The number of sulfonamides is 1. The molecule has 2 rings (SSSR count). The summed E-state index contributed by atoms with van der Waals surface area (Å²) in [5, 5.41) is 6.57. The molecule has 5 nitrogen and oxygen atoms in total. The van der Waals surface area contributed by atoms with Crippen LogP contribution in [0.25, 0.3) is 0 Å². The normalized spacial score (nSPS) is 11.9. The van der Waals surface area contributed by atoms with Gasteiger partial charge in [0.2, 0.25) is 10.0 Å². The van der Waals surface area contributed by atoms with Crippen molar-refractivity contribution in [2.24, 2.45) is 0 Å². The fraction of sp³-hybridized carbons (Fsp3) is 0.222. The molecule has 0 aliphatic carbocycles. The molecule has 0 aromatic carbocycles. The maximum Gasteiger partial charge on any atom is 0.250 e. The Balaban J connectivity index is 2.11. The third-order valence-corrected chi connectivity index (χ3v) is 5.32. The zero-order chi connectivity index (χ0) is 12.5. The number of hydrogen-bond donors (Lipinski definition) is 2. The van der Waals surface area contributed by atoms with Gasteiger partial charge in [0.05, 0.1) is 10.5 Å². The molecule has 0 atom stereocenters. The molecule has 2 N–H and O–H groups in total. The van der Waals surface area contributed by atoms with E-state index in [1.165, 1.54) is 6.07 Å². The predicted molar refractivity (Wildman–Crippen MR) is 66.7 cm³/mol. The van der Waals surface area contributed by atoms with Gasteiger partial charge in [-0.2, -0.15) is 5.10 Å². The van der Waals surface area contributed by atoms with E-state index in [4.69, 9.17) is 11.6 Å². The third kappa shape index (κ3) is 2.86. The van der Waals surface area contributed by atoms with Gasteiger partial charge in [0.1, 0.15) is 4.21 Å². The first-order valence-corrected chi connectivity index (χ1v) is 7.40. The number of aromatic nitrogens is 2. The molecule has 0 aliphatic heterocycles. The lowest BCUT2D eigenvalue weighted by atomic mass is 10.3. The molecular weight excluding hydrogens is 282 g/mol. The Labute approximate surface area is 108 Å². The molecule has 2 heterocycles. The van der Waals surface area contributed by atoms with Crippen molar-refractivity contribution >= 4 is 33.0 Å². The summed E-state index contributed by atoms with van der Waals surface area (Å²) in [5.74, 6) is 0. The molecule has 0 saturated carbocycles. The number of nitrogens with one attached hydrogen (secondary N) is 2. The monoisotopic (exact) mass is 291 g/mol. The number of aromatic amines is 1. The van der Waals surface area contributed by atoms with Gasteiger partial charge < -0.3 is 0 Å². The maximum atomic E-state index is 11.9. The number of H-pyrrole nitrogens is 1. The highest BCUT2D eigenvalue weighted by Crippen LogP contribution is 2.25. The van der Waals surface area contributed by atoms with Gasteiger partial charge in [-0.3, -0.25) is 5.10 Å². The third-order valence-electron chi connectivity index (χ3n) is 2.20. The van der Waals surface area contributed by atoms with Gasteiger partial charge >= 0.3 is 0 Å². The molecule has 0 spiro atoms. The molecule has 2 aromatic heterocycles. The highest BCUT2D eigenvalue weighted by molar-refractivity contribution is 7.91. The van der Waals surface area contributed by atoms with E-state index < -0.39 is 10.0 Å². The van der Waals surface area contributed by atoms with Crippen molar-refractivity contribution in [2.75, 3.05) is 0 Å². The van der Waals surface area contributed by atoms with Crippen LogP contribution in [0.1, 0.15) is 11.3 Å². The van der Waals surface area contributed by atoms with E-state index in [0.29, 0.717) is 4.34 Å². The number of nitrogens with zero attached hydrogens (tertiary/aromatic N) is 1. The van der Waals surface area contributed by atoms with Crippen LogP contribution in [-0.2, 0) is 16.6 Å². The smallest absolute Gasteiger partial charge is 0.250 e. The Bertz CT molecular complexity index is 618. The number of thiophene rings is 1. The lowest BCUT2D eigenvalue weighted by Crippen LogP contribution is -2.22. The topological polar surface area (TPSA) is 74.8 Å². The molecule has 0 saturated heterocycles. The predicted octanol–water partition coefficient (Wildman–Crippen LogP) is 1.91. The summed E-state index contributed by atoms with van der Waals surface area (Å²) >= 11 is 6.73. The van der Waals surface area contributed by atoms with Gasteiger partial charge in [-0.1, -0.05) is 11.6 Å². The first kappa shape index (κ1) is 12.6. The molecule has 17 heavy (non-hydrogen) atoms. The average molecular weight is 292 g/mol. The molecule has 0 amide bonds. The van der Waals surface area contributed by atoms with Crippen molar-refractivity contribution in [3.8, 4) is 0 Å². The van der Waals surface area contributed by atoms with E-state index in [2.05, 4.69) is 14.9 Å². The van der Waals surface area contributed by atoms with Crippen molar-refractivity contribution in [3.63, 3.8) is 0 Å². The zero-order valence-electron chi connectivity index (χ0n) is 8.90. The minimum atomic E-state index is -3.49. The van der Waals surface area contributed by atoms with Gasteiger partial charge in [0, 0.05) is 17.8 Å². The molecular formula is C9H10ClN3O2S2. The standard InChI is InChI=1S/C9H10ClN3O2S2/c1-6-7(4-11-13-6)5-12-17(14,15)9-3-2-8(10)16-9/h2-4,12H,5H2,1H3,(H,11,13). The first-order chi connectivity index (χ1) is 7.99. The van der Waals surface area contributed by atoms with Crippen LogP contribution >= 0.6 is 22.9 Å². The Morgan fingerprint density at radius 3 is 2.82 bits per heavy atom. The van der Waals surface area contributed by atoms with E-state index in [-0.39, 0.29) is 10.8 Å². The van der Waals surface area contributed by atoms with Gasteiger partial charge in [-0.25, -0.2) is 13.1 Å². The molecule has 2 aromatic rings. The van der Waals surface area contributed by atoms with E-state index in [0.717, 1.165) is 22.6 Å². The largest absolute Gasteiger partial charge is 0.283 e. The summed E-state index contributed by atoms with van der Waals surface area (Å²) in [6.07, 6.45) is 1.60. The number of hydrogen-bond acceptors (Lipinski definition) is 4. The highest BCUT2D eigenvalue weighted by Gasteiger charge is 2.16. The van der Waals surface area contributed by atoms with Gasteiger partial charge in [0.15, 0.2) is 0 Å². The van der Waals surface area contributed by atoms with Gasteiger partial charge in [-0.05, 0) is 19.1 Å². The van der Waals surface area contributed by atoms with Gasteiger partial charge in [-0.15, -0.1) is 11.3 Å². The number of halogens is 1. The maximum absolute atomic E-state index is 11.9. The highest BCUT2D eigenvalue weighted by atomic mass is 35.5. The minimum Gasteiger partial charge on any atom is -0.283 e. The molecule has 0 aliphatic rings. The Morgan fingerprint density at radius 2 is 2.29 bits per heavy atom. The molecule has 92 valence electrons. The fourth-order valence-corrected chi connectivity index (χ4v) is 3.77. The van der Waals surface area contributed by atoms with Crippen LogP contribution in [0.4, 0.5) is 0 Å². The van der Waals surface area contributed by atoms with Crippen molar-refractivity contribution in [1.82, 2.24) is 14.9 Å². The quantitative estimate of drug-likeness (QED) is 0.903. The van der Waals surface area contributed by atoms with Crippen LogP contribution in [0.15, 0.2) is 22.5 Å². The molecule has 0 bridgehead atoms. The van der Waals surface area contributed by atoms with E-state index in [1.54, 1.807) is 12.3 Å². The van der Waals surface area contributed by atoms with Crippen LogP contribution in [0.5, 0.6) is 0 Å². The van der Waals surface area contributed by atoms with Crippen LogP contribution in [0.3, 0.4) is 0 Å². The summed E-state index contributed by atoms with van der Waals surface area (Å²) in [5.41, 5.74) is 1.66. The molecule has 0 radical (unpaired) electrons. The Kier molecular flexibility index (Phi) is 3.53. The average Bonchev–Trinajstić information content (AvgIpc) is 2.85. The first-order valence-electron chi connectivity index (χ1n) is 4.73. The molecule has 0 unspecified atom stereocenters. The second-order valence-corrected chi connectivity index (χ2v) is 7.11. The minimum absolute atomic E-state index is 0.209. The Morgan fingerprint density at radius 1 is 1.53 bits per heavy atom. The summed E-state index contributed by atoms with van der Waals surface area (Å²) < 4.78 is 26.9. The van der Waals surface area contributed by atoms with Crippen LogP contribution in [-0.4, -0.2) is 18.6 Å². The summed E-state index contributed by atoms with van der Waals surface area (Å²) in [6, 6.07) is 3.04. The van der Waals surface area contributed by atoms with Crippen LogP contribution < -0.4 is 4.72 Å². The fourth-order valence-electron chi connectivity index (χ4n) is 1.24. The second kappa shape index (κ2) is 4.77. The zero-order valence-corrected chi connectivity index (χ0v) is 11.3. The van der Waals surface area contributed by atoms with Crippen LogP contribution in [0.2, 0.25) is 4.34 Å². The Hall–Kier alpha value is -0.890. The van der Waals surface area contributed by atoms with E-state index in [1.807, 2.05) is 6.92 Å².